The Morgan fingerprint density at radius 3 is 2.89 bits per heavy atom. The third-order valence-corrected chi connectivity index (χ3v) is 2.63. The zero-order valence-corrected chi connectivity index (χ0v) is 9.29. The van der Waals surface area contributed by atoms with Crippen LogP contribution in [-0.4, -0.2) is 15.5 Å². The number of nitrogen functional groups attached to an aromatic ring is 1. The molecule has 90 valence electrons. The molecule has 0 bridgehead atoms. The fourth-order valence-electron chi connectivity index (χ4n) is 1.75. The van der Waals surface area contributed by atoms with Gasteiger partial charge in [0.1, 0.15) is 11.7 Å². The lowest BCUT2D eigenvalue weighted by Crippen LogP contribution is -2.32. The van der Waals surface area contributed by atoms with E-state index in [-0.39, 0.29) is 5.84 Å². The van der Waals surface area contributed by atoms with Crippen LogP contribution in [0.25, 0.3) is 0 Å². The Bertz CT molecular complexity index is 718. The first-order chi connectivity index (χ1) is 8.65. The maximum Gasteiger partial charge on any atom is 0.367 e. The van der Waals surface area contributed by atoms with Crippen molar-refractivity contribution >= 4 is 23.0 Å². The van der Waals surface area contributed by atoms with E-state index in [1.54, 1.807) is 0 Å². The Morgan fingerprint density at radius 2 is 2.06 bits per heavy atom. The van der Waals surface area contributed by atoms with Gasteiger partial charge in [-0.15, -0.1) is 0 Å². The number of amidine groups is 1. The molecule has 5 N–H and O–H groups in total. The van der Waals surface area contributed by atoms with Crippen molar-refractivity contribution in [1.82, 2.24) is 9.66 Å². The predicted octanol–water partition coefficient (Wildman–Crippen LogP) is 0.0511. The Balaban J connectivity index is 2.29. The van der Waals surface area contributed by atoms with E-state index in [4.69, 9.17) is 11.6 Å². The van der Waals surface area contributed by atoms with E-state index in [9.17, 15) is 4.79 Å². The molecule has 1 aromatic carbocycles. The van der Waals surface area contributed by atoms with Crippen molar-refractivity contribution in [3.05, 3.63) is 46.5 Å². The van der Waals surface area contributed by atoms with Gasteiger partial charge in [0.25, 0.3) is 0 Å². The molecule has 1 aliphatic heterocycles. The molecule has 7 heteroatoms. The second-order valence-corrected chi connectivity index (χ2v) is 3.83. The normalized spacial score (nSPS) is 12.8. The molecule has 0 atom stereocenters. The maximum atomic E-state index is 11.4. The highest BCUT2D eigenvalue weighted by atomic mass is 16.1. The van der Waals surface area contributed by atoms with Crippen LogP contribution in [0, 0.1) is 0 Å². The average molecular weight is 242 g/mol. The van der Waals surface area contributed by atoms with Crippen LogP contribution in [-0.2, 0) is 0 Å². The van der Waals surface area contributed by atoms with Gasteiger partial charge in [-0.2, -0.15) is 4.98 Å². The van der Waals surface area contributed by atoms with Gasteiger partial charge in [-0.3, -0.25) is 0 Å². The standard InChI is InChI=1S/C11H10N6O/c12-9-6-5-17(13)11(18)16-10(6)15-8-4-2-1-3-7(8)14-9/h1-5H,13H2,(H2,12,14)(H,15,16,18). The summed E-state index contributed by atoms with van der Waals surface area (Å²) in [6, 6.07) is 7.35. The number of nitrogens with zero attached hydrogens (tertiary/aromatic N) is 3. The minimum absolute atomic E-state index is 0.258. The molecule has 0 saturated carbocycles. The van der Waals surface area contributed by atoms with Gasteiger partial charge in [0.15, 0.2) is 0 Å². The van der Waals surface area contributed by atoms with Crippen molar-refractivity contribution in [3.8, 4) is 0 Å². The number of para-hydroxylation sites is 2. The number of aromatic nitrogens is 2. The summed E-state index contributed by atoms with van der Waals surface area (Å²) >= 11 is 0. The molecule has 0 amide bonds. The number of benzene rings is 1. The van der Waals surface area contributed by atoms with E-state index in [0.29, 0.717) is 17.1 Å². The van der Waals surface area contributed by atoms with Crippen LogP contribution in [0.2, 0.25) is 0 Å². The smallest absolute Gasteiger partial charge is 0.367 e. The van der Waals surface area contributed by atoms with Crippen LogP contribution in [0.4, 0.5) is 17.2 Å². The zero-order chi connectivity index (χ0) is 12.7. The number of hydrogen-bond donors (Lipinski definition) is 3. The van der Waals surface area contributed by atoms with Crippen molar-refractivity contribution in [2.75, 3.05) is 11.2 Å². The van der Waals surface area contributed by atoms with Crippen LogP contribution < -0.4 is 22.6 Å². The fraction of sp³-hybridized carbons (Fsp3) is 0. The van der Waals surface area contributed by atoms with Gasteiger partial charge in [-0.05, 0) is 12.1 Å². The van der Waals surface area contributed by atoms with E-state index in [1.807, 2.05) is 24.3 Å². The van der Waals surface area contributed by atoms with Gasteiger partial charge in [0, 0.05) is 6.20 Å². The number of nitrogens with two attached hydrogens (primary N) is 2. The lowest BCUT2D eigenvalue weighted by molar-refractivity contribution is 0.872. The highest BCUT2D eigenvalue weighted by Gasteiger charge is 2.16. The summed E-state index contributed by atoms with van der Waals surface area (Å²) in [5.74, 6) is 6.08. The maximum absolute atomic E-state index is 11.4. The van der Waals surface area contributed by atoms with E-state index >= 15 is 0 Å². The highest BCUT2D eigenvalue weighted by Crippen LogP contribution is 2.31. The first kappa shape index (κ1) is 10.3. The van der Waals surface area contributed by atoms with Crippen LogP contribution in [0.5, 0.6) is 0 Å². The monoisotopic (exact) mass is 242 g/mol. The van der Waals surface area contributed by atoms with Gasteiger partial charge in [-0.1, -0.05) is 12.1 Å². The number of anilines is 2. The molecule has 0 radical (unpaired) electrons. The Kier molecular flexibility index (Phi) is 2.06. The second-order valence-electron chi connectivity index (χ2n) is 3.83. The Labute approximate surface area is 102 Å². The van der Waals surface area contributed by atoms with Crippen molar-refractivity contribution in [2.24, 2.45) is 10.7 Å². The van der Waals surface area contributed by atoms with E-state index in [1.165, 1.54) is 6.20 Å². The summed E-state index contributed by atoms with van der Waals surface area (Å²) in [7, 11) is 0. The molecular formula is C11H10N6O. The molecule has 2 aromatic rings. The van der Waals surface area contributed by atoms with Crippen LogP contribution in [0.15, 0.2) is 40.2 Å². The minimum Gasteiger partial charge on any atom is -0.383 e. The van der Waals surface area contributed by atoms with Crippen LogP contribution in [0.3, 0.4) is 0 Å². The summed E-state index contributed by atoms with van der Waals surface area (Å²) in [4.78, 5) is 19.5. The lowest BCUT2D eigenvalue weighted by atomic mass is 10.2. The molecule has 18 heavy (non-hydrogen) atoms. The average Bonchev–Trinajstić information content (AvgIpc) is 2.47. The molecule has 3 rings (SSSR count). The highest BCUT2D eigenvalue weighted by molar-refractivity contribution is 6.05. The first-order valence-corrected chi connectivity index (χ1v) is 5.24. The molecule has 1 aromatic heterocycles. The SMILES string of the molecule is NC1=Nc2ccccc2Nc2nc(=O)n(N)cc21. The van der Waals surface area contributed by atoms with Gasteiger partial charge < -0.3 is 16.9 Å². The van der Waals surface area contributed by atoms with Gasteiger partial charge in [0.2, 0.25) is 0 Å². The van der Waals surface area contributed by atoms with Gasteiger partial charge >= 0.3 is 5.69 Å². The van der Waals surface area contributed by atoms with Crippen molar-refractivity contribution in [2.45, 2.75) is 0 Å². The molecular weight excluding hydrogens is 232 g/mol. The summed E-state index contributed by atoms with van der Waals surface area (Å²) in [6.07, 6.45) is 1.41. The molecule has 7 nitrogen and oxygen atoms in total. The summed E-state index contributed by atoms with van der Waals surface area (Å²) in [6.45, 7) is 0. The predicted molar refractivity (Wildman–Crippen MR) is 68.8 cm³/mol. The Hall–Kier alpha value is -2.83. The largest absolute Gasteiger partial charge is 0.383 e. The van der Waals surface area contributed by atoms with E-state index < -0.39 is 5.69 Å². The van der Waals surface area contributed by atoms with Gasteiger partial charge in [-0.25, -0.2) is 14.5 Å². The van der Waals surface area contributed by atoms with Gasteiger partial charge in [0.05, 0.1) is 16.9 Å². The number of aliphatic imine (C=N–C) groups is 1. The summed E-state index contributed by atoms with van der Waals surface area (Å²) in [5.41, 5.74) is 7.23. The molecule has 2 heterocycles. The Morgan fingerprint density at radius 1 is 1.28 bits per heavy atom. The summed E-state index contributed by atoms with van der Waals surface area (Å²) in [5, 5.41) is 3.03. The molecule has 0 unspecified atom stereocenters. The van der Waals surface area contributed by atoms with Crippen molar-refractivity contribution in [3.63, 3.8) is 0 Å². The van der Waals surface area contributed by atoms with Crippen LogP contribution in [0.1, 0.15) is 5.56 Å². The third-order valence-electron chi connectivity index (χ3n) is 2.63. The van der Waals surface area contributed by atoms with E-state index in [2.05, 4.69) is 15.3 Å². The molecule has 0 saturated heterocycles. The molecule has 0 aliphatic carbocycles. The van der Waals surface area contributed by atoms with E-state index in [0.717, 1.165) is 10.4 Å². The lowest BCUT2D eigenvalue weighted by Gasteiger charge is -2.08. The van der Waals surface area contributed by atoms with Crippen molar-refractivity contribution in [1.29, 1.82) is 0 Å². The van der Waals surface area contributed by atoms with Crippen LogP contribution >= 0.6 is 0 Å². The number of fused-ring (bicyclic) bond motifs is 2. The topological polar surface area (TPSA) is 111 Å². The molecule has 0 spiro atoms. The van der Waals surface area contributed by atoms with Crippen molar-refractivity contribution < 1.29 is 0 Å². The second kappa shape index (κ2) is 3.59. The zero-order valence-electron chi connectivity index (χ0n) is 9.29. The number of rotatable bonds is 0. The molecule has 0 fully saturated rings. The minimum atomic E-state index is -0.562. The summed E-state index contributed by atoms with van der Waals surface area (Å²) < 4.78 is 0.874. The third kappa shape index (κ3) is 1.49. The number of hydrogen-bond acceptors (Lipinski definition) is 6. The first-order valence-electron chi connectivity index (χ1n) is 5.24. The quantitative estimate of drug-likeness (QED) is 0.565. The number of nitrogens with one attached hydrogen (secondary N) is 1. The fourth-order valence-corrected chi connectivity index (χ4v) is 1.75. The molecule has 1 aliphatic rings.